The van der Waals surface area contributed by atoms with E-state index in [1.54, 1.807) is 37.3 Å². The smallest absolute Gasteiger partial charge is 0.321 e. The van der Waals surface area contributed by atoms with Crippen LogP contribution in [0.1, 0.15) is 22.6 Å². The number of nitrogens with one attached hydrogen (secondary N) is 2. The molecule has 188 valence electrons. The summed E-state index contributed by atoms with van der Waals surface area (Å²) in [6.07, 6.45) is 0. The number of urea groups is 1. The zero-order valence-electron chi connectivity index (χ0n) is 20.6. The molecule has 1 fully saturated rings. The van der Waals surface area contributed by atoms with Gasteiger partial charge in [0, 0.05) is 36.8 Å². The summed E-state index contributed by atoms with van der Waals surface area (Å²) in [5.41, 5.74) is 3.36. The van der Waals surface area contributed by atoms with Gasteiger partial charge in [0.15, 0.2) is 11.5 Å². The zero-order valence-corrected chi connectivity index (χ0v) is 20.6. The molecule has 0 bridgehead atoms. The predicted octanol–water partition coefficient (Wildman–Crippen LogP) is 4.72. The molecule has 0 spiro atoms. The molecule has 1 saturated heterocycles. The van der Waals surface area contributed by atoms with Gasteiger partial charge in [-0.25, -0.2) is 9.18 Å². The molecule has 2 N–H and O–H groups in total. The van der Waals surface area contributed by atoms with Crippen molar-refractivity contribution in [2.24, 2.45) is 5.92 Å². The minimum atomic E-state index is -0.518. The second-order valence-corrected chi connectivity index (χ2v) is 8.84. The number of hydrogen-bond donors (Lipinski definition) is 2. The third kappa shape index (κ3) is 5.59. The van der Waals surface area contributed by atoms with Crippen LogP contribution in [0.2, 0.25) is 0 Å². The van der Waals surface area contributed by atoms with Gasteiger partial charge in [-0.1, -0.05) is 42.0 Å². The summed E-state index contributed by atoms with van der Waals surface area (Å²) in [6, 6.07) is 18.8. The SMILES string of the molecule is COc1cccc(C2CN(C(=O)Nc3ccc(C)cc3)CC2C(=O)NCc2ccc(F)cc2)c1OC. The highest BCUT2D eigenvalue weighted by Crippen LogP contribution is 2.42. The van der Waals surface area contributed by atoms with E-state index in [4.69, 9.17) is 9.47 Å². The van der Waals surface area contributed by atoms with Crippen molar-refractivity contribution in [3.8, 4) is 11.5 Å². The molecule has 2 unspecified atom stereocenters. The molecule has 8 heteroatoms. The van der Waals surface area contributed by atoms with Gasteiger partial charge in [0.2, 0.25) is 5.91 Å². The number of hydrogen-bond acceptors (Lipinski definition) is 4. The molecule has 3 aromatic carbocycles. The van der Waals surface area contributed by atoms with E-state index in [1.807, 2.05) is 43.3 Å². The minimum Gasteiger partial charge on any atom is -0.493 e. The fraction of sp³-hybridized carbons (Fsp3) is 0.286. The van der Waals surface area contributed by atoms with Crippen LogP contribution in [0.5, 0.6) is 11.5 Å². The Labute approximate surface area is 210 Å². The molecule has 1 aliphatic heterocycles. The molecule has 1 heterocycles. The maximum atomic E-state index is 13.4. The summed E-state index contributed by atoms with van der Waals surface area (Å²) in [4.78, 5) is 28.1. The maximum absolute atomic E-state index is 13.4. The van der Waals surface area contributed by atoms with E-state index in [0.29, 0.717) is 23.7 Å². The Morgan fingerprint density at radius 2 is 1.69 bits per heavy atom. The molecule has 36 heavy (non-hydrogen) atoms. The number of ether oxygens (including phenoxy) is 2. The number of benzene rings is 3. The van der Waals surface area contributed by atoms with Crippen molar-refractivity contribution in [2.45, 2.75) is 19.4 Å². The number of amides is 3. The molecule has 2 atom stereocenters. The first-order valence-electron chi connectivity index (χ1n) is 11.7. The number of halogens is 1. The third-order valence-corrected chi connectivity index (χ3v) is 6.46. The highest BCUT2D eigenvalue weighted by molar-refractivity contribution is 5.91. The summed E-state index contributed by atoms with van der Waals surface area (Å²) in [7, 11) is 3.12. The normalized spacial score (nSPS) is 16.9. The Bertz CT molecular complexity index is 1210. The van der Waals surface area contributed by atoms with Gasteiger partial charge in [-0.15, -0.1) is 0 Å². The first kappa shape index (κ1) is 25.0. The van der Waals surface area contributed by atoms with Crippen LogP contribution in [-0.4, -0.2) is 44.1 Å². The Morgan fingerprint density at radius 3 is 2.36 bits per heavy atom. The molecular formula is C28H30FN3O4. The van der Waals surface area contributed by atoms with E-state index in [0.717, 1.165) is 16.7 Å². The van der Waals surface area contributed by atoms with E-state index in [1.165, 1.54) is 12.1 Å². The highest BCUT2D eigenvalue weighted by Gasteiger charge is 2.42. The van der Waals surface area contributed by atoms with Gasteiger partial charge in [-0.3, -0.25) is 4.79 Å². The monoisotopic (exact) mass is 491 g/mol. The van der Waals surface area contributed by atoms with Crippen molar-refractivity contribution >= 4 is 17.6 Å². The van der Waals surface area contributed by atoms with Crippen LogP contribution in [0.3, 0.4) is 0 Å². The average Bonchev–Trinajstić information content (AvgIpc) is 3.34. The Morgan fingerprint density at radius 1 is 0.972 bits per heavy atom. The molecule has 0 aliphatic carbocycles. The van der Waals surface area contributed by atoms with Crippen molar-refractivity contribution in [3.05, 3.63) is 89.2 Å². The lowest BCUT2D eigenvalue weighted by molar-refractivity contribution is -0.125. The van der Waals surface area contributed by atoms with Crippen LogP contribution >= 0.6 is 0 Å². The van der Waals surface area contributed by atoms with E-state index >= 15 is 0 Å². The molecule has 0 aromatic heterocycles. The number of likely N-dealkylation sites (tertiary alicyclic amines) is 1. The van der Waals surface area contributed by atoms with Gasteiger partial charge in [0.1, 0.15) is 5.82 Å². The number of rotatable bonds is 7. The van der Waals surface area contributed by atoms with Crippen LogP contribution in [0, 0.1) is 18.7 Å². The number of nitrogens with zero attached hydrogens (tertiary/aromatic N) is 1. The lowest BCUT2D eigenvalue weighted by atomic mass is 9.87. The van der Waals surface area contributed by atoms with Gasteiger partial charge in [0.25, 0.3) is 0 Å². The maximum Gasteiger partial charge on any atom is 0.321 e. The highest BCUT2D eigenvalue weighted by atomic mass is 19.1. The molecule has 0 radical (unpaired) electrons. The van der Waals surface area contributed by atoms with E-state index < -0.39 is 5.92 Å². The lowest BCUT2D eigenvalue weighted by Crippen LogP contribution is -2.36. The van der Waals surface area contributed by atoms with Crippen molar-refractivity contribution in [3.63, 3.8) is 0 Å². The molecule has 0 saturated carbocycles. The number of carbonyl (C=O) groups is 2. The standard InChI is InChI=1S/C28H30FN3O4/c1-18-7-13-21(14-8-18)31-28(34)32-16-23(22-5-4-6-25(35-2)26(22)36-3)24(17-32)27(33)30-15-19-9-11-20(29)12-10-19/h4-14,23-24H,15-17H2,1-3H3,(H,30,33)(H,31,34). The molecule has 1 aliphatic rings. The van der Waals surface area contributed by atoms with Gasteiger partial charge in [-0.05, 0) is 42.8 Å². The van der Waals surface area contributed by atoms with Crippen molar-refractivity contribution < 1.29 is 23.5 Å². The summed E-state index contributed by atoms with van der Waals surface area (Å²) in [6.45, 7) is 2.80. The minimum absolute atomic E-state index is 0.195. The molecule has 7 nitrogen and oxygen atoms in total. The summed E-state index contributed by atoms with van der Waals surface area (Å²) < 4.78 is 24.3. The van der Waals surface area contributed by atoms with Crippen molar-refractivity contribution in [2.75, 3.05) is 32.6 Å². The summed E-state index contributed by atoms with van der Waals surface area (Å²) in [5, 5.41) is 5.87. The van der Waals surface area contributed by atoms with Gasteiger partial charge in [0.05, 0.1) is 20.1 Å². The lowest BCUT2D eigenvalue weighted by Gasteiger charge is -2.21. The molecular weight excluding hydrogens is 461 g/mol. The first-order valence-corrected chi connectivity index (χ1v) is 11.7. The zero-order chi connectivity index (χ0) is 25.7. The molecule has 3 aromatic rings. The quantitative estimate of drug-likeness (QED) is 0.502. The van der Waals surface area contributed by atoms with Crippen molar-refractivity contribution in [1.29, 1.82) is 0 Å². The Balaban J connectivity index is 1.57. The van der Waals surface area contributed by atoms with E-state index in [-0.39, 0.29) is 36.8 Å². The average molecular weight is 492 g/mol. The topological polar surface area (TPSA) is 79.9 Å². The Kier molecular flexibility index (Phi) is 7.73. The fourth-order valence-electron chi connectivity index (χ4n) is 4.52. The second-order valence-electron chi connectivity index (χ2n) is 8.84. The number of para-hydroxylation sites is 1. The van der Waals surface area contributed by atoms with Gasteiger partial charge < -0.3 is 25.0 Å². The van der Waals surface area contributed by atoms with Crippen LogP contribution < -0.4 is 20.1 Å². The van der Waals surface area contributed by atoms with E-state index in [9.17, 15) is 14.0 Å². The molecule has 3 amide bonds. The van der Waals surface area contributed by atoms with Crippen LogP contribution in [0.25, 0.3) is 0 Å². The molecule has 4 rings (SSSR count). The largest absolute Gasteiger partial charge is 0.493 e. The predicted molar refractivity (Wildman–Crippen MR) is 136 cm³/mol. The third-order valence-electron chi connectivity index (χ3n) is 6.46. The second kappa shape index (κ2) is 11.1. The number of methoxy groups -OCH3 is 2. The first-order chi connectivity index (χ1) is 17.4. The van der Waals surface area contributed by atoms with Gasteiger partial charge >= 0.3 is 6.03 Å². The summed E-state index contributed by atoms with van der Waals surface area (Å²) in [5.74, 6) is -0.256. The van der Waals surface area contributed by atoms with Crippen LogP contribution in [0.15, 0.2) is 66.7 Å². The Hall–Kier alpha value is -4.07. The fourth-order valence-corrected chi connectivity index (χ4v) is 4.52. The van der Waals surface area contributed by atoms with Crippen LogP contribution in [0.4, 0.5) is 14.9 Å². The van der Waals surface area contributed by atoms with Gasteiger partial charge in [-0.2, -0.15) is 0 Å². The van der Waals surface area contributed by atoms with Crippen LogP contribution in [-0.2, 0) is 11.3 Å². The van der Waals surface area contributed by atoms with Crippen molar-refractivity contribution in [1.82, 2.24) is 10.2 Å². The number of aryl methyl sites for hydroxylation is 1. The summed E-state index contributed by atoms with van der Waals surface area (Å²) >= 11 is 0. The number of carbonyl (C=O) groups excluding carboxylic acids is 2. The van der Waals surface area contributed by atoms with E-state index in [2.05, 4.69) is 10.6 Å². The number of anilines is 1.